The van der Waals surface area contributed by atoms with E-state index < -0.39 is 0 Å². The third-order valence-corrected chi connectivity index (χ3v) is 5.40. The minimum absolute atomic E-state index is 0.119. The Balaban J connectivity index is 1.75. The molecule has 150 valence electrons. The molecule has 6 heteroatoms. The lowest BCUT2D eigenvalue weighted by atomic mass is 10.1. The zero-order valence-corrected chi connectivity index (χ0v) is 16.7. The first kappa shape index (κ1) is 18.8. The molecule has 0 bridgehead atoms. The Morgan fingerprint density at radius 1 is 1.03 bits per heavy atom. The Hall–Kier alpha value is -4.24. The summed E-state index contributed by atoms with van der Waals surface area (Å²) in [6.07, 6.45) is 0. The first-order valence-corrected chi connectivity index (χ1v) is 9.79. The van der Waals surface area contributed by atoms with Gasteiger partial charge >= 0.3 is 0 Å². The molecule has 0 spiro atoms. The van der Waals surface area contributed by atoms with Crippen LogP contribution in [0.2, 0.25) is 0 Å². The van der Waals surface area contributed by atoms with Crippen molar-refractivity contribution in [3.63, 3.8) is 0 Å². The molecule has 5 rings (SSSR count). The van der Waals surface area contributed by atoms with Gasteiger partial charge < -0.3 is 9.67 Å². The van der Waals surface area contributed by atoms with Gasteiger partial charge in [-0.3, -0.25) is 0 Å². The van der Waals surface area contributed by atoms with Crippen LogP contribution >= 0.6 is 0 Å². The number of allylic oxidation sites excluding steroid dienone is 1. The van der Waals surface area contributed by atoms with Crippen molar-refractivity contribution in [3.05, 3.63) is 106 Å². The maximum atomic E-state index is 14.3. The summed E-state index contributed by atoms with van der Waals surface area (Å²) in [6.45, 7) is 2.09. The first-order chi connectivity index (χ1) is 15.1. The van der Waals surface area contributed by atoms with Gasteiger partial charge in [-0.25, -0.2) is 14.4 Å². The van der Waals surface area contributed by atoms with E-state index in [0.717, 1.165) is 5.56 Å². The number of para-hydroxylation sites is 1. The van der Waals surface area contributed by atoms with Gasteiger partial charge in [0.2, 0.25) is 5.88 Å². The van der Waals surface area contributed by atoms with Crippen LogP contribution in [-0.2, 0) is 6.54 Å². The SMILES string of the molecule is Cc1ccc2c(c1)=NC(=C(C#N)c1c(O)n(Cc3ccccc3F)c3ccccc13)N=2. The van der Waals surface area contributed by atoms with E-state index in [1.165, 1.54) is 6.07 Å². The highest BCUT2D eigenvalue weighted by Gasteiger charge is 2.24. The molecule has 1 aliphatic rings. The summed E-state index contributed by atoms with van der Waals surface area (Å²) in [5.41, 5.74) is 2.70. The van der Waals surface area contributed by atoms with E-state index in [2.05, 4.69) is 16.1 Å². The lowest BCUT2D eigenvalue weighted by Crippen LogP contribution is -2.20. The van der Waals surface area contributed by atoms with Crippen molar-refractivity contribution >= 4 is 16.5 Å². The van der Waals surface area contributed by atoms with E-state index in [9.17, 15) is 14.8 Å². The maximum absolute atomic E-state index is 14.3. The summed E-state index contributed by atoms with van der Waals surface area (Å²) in [6, 6.07) is 21.6. The molecule has 3 aromatic carbocycles. The Labute approximate surface area is 177 Å². The van der Waals surface area contributed by atoms with Crippen molar-refractivity contribution in [2.24, 2.45) is 9.98 Å². The van der Waals surface area contributed by atoms with Crippen LogP contribution in [0.3, 0.4) is 0 Å². The van der Waals surface area contributed by atoms with Gasteiger partial charge in [-0.2, -0.15) is 5.26 Å². The van der Waals surface area contributed by atoms with Gasteiger partial charge in [0.15, 0.2) is 5.82 Å². The smallest absolute Gasteiger partial charge is 0.201 e. The van der Waals surface area contributed by atoms with Crippen molar-refractivity contribution in [2.45, 2.75) is 13.5 Å². The van der Waals surface area contributed by atoms with Crippen LogP contribution in [0, 0.1) is 24.1 Å². The number of benzene rings is 3. The molecule has 0 radical (unpaired) electrons. The number of nitrogens with zero attached hydrogens (tertiary/aromatic N) is 4. The van der Waals surface area contributed by atoms with E-state index in [4.69, 9.17) is 0 Å². The molecule has 5 nitrogen and oxygen atoms in total. The van der Waals surface area contributed by atoms with E-state index >= 15 is 0 Å². The van der Waals surface area contributed by atoms with Gasteiger partial charge in [-0.15, -0.1) is 0 Å². The summed E-state index contributed by atoms with van der Waals surface area (Å²) in [5, 5.41) is 23.2. The number of halogens is 1. The van der Waals surface area contributed by atoms with Gasteiger partial charge in [0.1, 0.15) is 17.5 Å². The molecule has 0 atom stereocenters. The van der Waals surface area contributed by atoms with Crippen molar-refractivity contribution in [1.82, 2.24) is 4.57 Å². The van der Waals surface area contributed by atoms with Crippen LogP contribution in [0.1, 0.15) is 16.7 Å². The van der Waals surface area contributed by atoms with Crippen molar-refractivity contribution in [3.8, 4) is 11.9 Å². The Bertz CT molecular complexity index is 1560. The molecule has 31 heavy (non-hydrogen) atoms. The molecule has 0 saturated heterocycles. The molecule has 2 heterocycles. The second-order valence-corrected chi connectivity index (χ2v) is 7.42. The second kappa shape index (κ2) is 7.22. The summed E-state index contributed by atoms with van der Waals surface area (Å²) >= 11 is 0. The number of rotatable bonds is 3. The normalized spacial score (nSPS) is 14.0. The summed E-state index contributed by atoms with van der Waals surface area (Å²) in [4.78, 5) is 9.03. The number of aromatic hydroxyl groups is 1. The predicted octanol–water partition coefficient (Wildman–Crippen LogP) is 3.99. The van der Waals surface area contributed by atoms with Crippen LogP contribution in [0.4, 0.5) is 4.39 Å². The average molecular weight is 408 g/mol. The van der Waals surface area contributed by atoms with Crippen LogP contribution in [0.15, 0.2) is 82.5 Å². The number of aromatic nitrogens is 1. The van der Waals surface area contributed by atoms with Gasteiger partial charge in [0.05, 0.1) is 28.3 Å². The predicted molar refractivity (Wildman–Crippen MR) is 115 cm³/mol. The Morgan fingerprint density at radius 3 is 2.58 bits per heavy atom. The number of hydrogen-bond acceptors (Lipinski definition) is 4. The molecule has 1 N–H and O–H groups in total. The molecular weight excluding hydrogens is 391 g/mol. The van der Waals surface area contributed by atoms with E-state index in [-0.39, 0.29) is 29.6 Å². The molecule has 0 unspecified atom stereocenters. The maximum Gasteiger partial charge on any atom is 0.201 e. The van der Waals surface area contributed by atoms with Crippen LogP contribution in [0.25, 0.3) is 16.5 Å². The van der Waals surface area contributed by atoms with E-state index in [1.807, 2.05) is 49.4 Å². The third kappa shape index (κ3) is 3.08. The molecule has 1 aromatic heterocycles. The van der Waals surface area contributed by atoms with Crippen LogP contribution in [0.5, 0.6) is 5.88 Å². The highest BCUT2D eigenvalue weighted by molar-refractivity contribution is 6.00. The standard InChI is InChI=1S/C25H17FN4O/c1-15-10-11-20-21(12-15)29-24(28-20)18(13-27)23-17-7-3-5-9-22(17)30(25(23)31)14-16-6-2-4-8-19(16)26/h2-12,31H,14H2,1H3. The fourth-order valence-electron chi connectivity index (χ4n) is 3.89. The fraction of sp³-hybridized carbons (Fsp3) is 0.0800. The number of nitriles is 1. The number of fused-ring (bicyclic) bond motifs is 2. The Kier molecular flexibility index (Phi) is 4.37. The molecule has 4 aromatic rings. The molecule has 0 amide bonds. The molecule has 0 aliphatic carbocycles. The largest absolute Gasteiger partial charge is 0.494 e. The fourth-order valence-corrected chi connectivity index (χ4v) is 3.89. The van der Waals surface area contributed by atoms with E-state index in [1.54, 1.807) is 22.8 Å². The van der Waals surface area contributed by atoms with Crippen molar-refractivity contribution < 1.29 is 9.50 Å². The lowest BCUT2D eigenvalue weighted by molar-refractivity contribution is 0.425. The molecular formula is C25H17FN4O. The molecule has 1 aliphatic heterocycles. The highest BCUT2D eigenvalue weighted by Crippen LogP contribution is 2.38. The molecule has 0 fully saturated rings. The molecule has 0 saturated carbocycles. The second-order valence-electron chi connectivity index (χ2n) is 7.42. The van der Waals surface area contributed by atoms with Crippen molar-refractivity contribution in [2.75, 3.05) is 0 Å². The minimum Gasteiger partial charge on any atom is -0.494 e. The first-order valence-electron chi connectivity index (χ1n) is 9.79. The summed E-state index contributed by atoms with van der Waals surface area (Å²) in [7, 11) is 0. The van der Waals surface area contributed by atoms with E-state index in [0.29, 0.717) is 32.7 Å². The minimum atomic E-state index is -0.355. The highest BCUT2D eigenvalue weighted by atomic mass is 19.1. The monoisotopic (exact) mass is 408 g/mol. The van der Waals surface area contributed by atoms with Gasteiger partial charge in [0, 0.05) is 10.9 Å². The van der Waals surface area contributed by atoms with Gasteiger partial charge in [-0.05, 0) is 36.8 Å². The lowest BCUT2D eigenvalue weighted by Gasteiger charge is -2.08. The summed E-state index contributed by atoms with van der Waals surface area (Å²) < 4.78 is 15.9. The topological polar surface area (TPSA) is 73.7 Å². The third-order valence-electron chi connectivity index (χ3n) is 5.40. The van der Waals surface area contributed by atoms with Gasteiger partial charge in [-0.1, -0.05) is 42.5 Å². The summed E-state index contributed by atoms with van der Waals surface area (Å²) in [5.74, 6) is -0.218. The van der Waals surface area contributed by atoms with Crippen LogP contribution in [-0.4, -0.2) is 9.67 Å². The number of aryl methyl sites for hydroxylation is 1. The Morgan fingerprint density at radius 2 is 1.77 bits per heavy atom. The zero-order chi connectivity index (χ0) is 21.5. The average Bonchev–Trinajstić information content (AvgIpc) is 3.30. The zero-order valence-electron chi connectivity index (χ0n) is 16.7. The van der Waals surface area contributed by atoms with Gasteiger partial charge in [0.25, 0.3) is 0 Å². The van der Waals surface area contributed by atoms with Crippen molar-refractivity contribution in [1.29, 1.82) is 5.26 Å². The number of hydrogen-bond donors (Lipinski definition) is 1. The quantitative estimate of drug-likeness (QED) is 0.521. The van der Waals surface area contributed by atoms with Crippen LogP contribution < -0.4 is 10.7 Å².